The average Bonchev–Trinajstić information content (AvgIpc) is 2.90. The van der Waals surface area contributed by atoms with Crippen molar-refractivity contribution in [2.24, 2.45) is 0 Å². The smallest absolute Gasteiger partial charge is 0.328 e. The highest BCUT2D eigenvalue weighted by atomic mass is 16.5. The Hall–Kier alpha value is -2.21. The van der Waals surface area contributed by atoms with Gasteiger partial charge in [-0.3, -0.25) is 9.78 Å². The number of ether oxygens (including phenoxy) is 1. The number of carboxylic acids is 1. The predicted octanol–water partition coefficient (Wildman–Crippen LogP) is 1.48. The van der Waals surface area contributed by atoms with Crippen molar-refractivity contribution in [3.63, 3.8) is 0 Å². The van der Waals surface area contributed by atoms with Gasteiger partial charge in [-0.1, -0.05) is 0 Å². The maximum Gasteiger partial charge on any atom is 0.328 e. The van der Waals surface area contributed by atoms with E-state index in [1.807, 2.05) is 6.92 Å². The number of carbonyl (C=O) groups is 2. The zero-order valence-electron chi connectivity index (χ0n) is 11.8. The Bertz CT molecular complexity index is 563. The SMILES string of the molecule is CC1(CNC(=O)c2ccncc2/C=C/C(=O)O)CCCO1. The molecule has 1 amide bonds. The van der Waals surface area contributed by atoms with Gasteiger partial charge in [-0.05, 0) is 31.9 Å². The minimum absolute atomic E-state index is 0.265. The van der Waals surface area contributed by atoms with E-state index in [2.05, 4.69) is 10.3 Å². The van der Waals surface area contributed by atoms with Gasteiger partial charge in [-0.25, -0.2) is 4.79 Å². The van der Waals surface area contributed by atoms with Crippen molar-refractivity contribution in [1.29, 1.82) is 0 Å². The van der Waals surface area contributed by atoms with Crippen LogP contribution in [0, 0.1) is 0 Å². The second-order valence-corrected chi connectivity index (χ2v) is 5.22. The van der Waals surface area contributed by atoms with Crippen LogP contribution in [0.15, 0.2) is 24.5 Å². The molecule has 1 aliphatic rings. The Morgan fingerprint density at radius 2 is 2.38 bits per heavy atom. The largest absolute Gasteiger partial charge is 0.478 e. The molecule has 0 bridgehead atoms. The van der Waals surface area contributed by atoms with Gasteiger partial charge in [0, 0.05) is 42.7 Å². The Balaban J connectivity index is 2.06. The van der Waals surface area contributed by atoms with E-state index in [1.54, 1.807) is 6.07 Å². The van der Waals surface area contributed by atoms with Crippen LogP contribution < -0.4 is 5.32 Å². The lowest BCUT2D eigenvalue weighted by Crippen LogP contribution is -2.40. The lowest BCUT2D eigenvalue weighted by Gasteiger charge is -2.23. The minimum atomic E-state index is -1.07. The van der Waals surface area contributed by atoms with Crippen LogP contribution in [-0.2, 0) is 9.53 Å². The zero-order valence-corrected chi connectivity index (χ0v) is 11.8. The Labute approximate surface area is 122 Å². The molecular formula is C15H18N2O4. The lowest BCUT2D eigenvalue weighted by molar-refractivity contribution is -0.131. The maximum atomic E-state index is 12.2. The Kier molecular flexibility index (Phi) is 4.70. The summed E-state index contributed by atoms with van der Waals surface area (Å²) in [6.45, 7) is 3.11. The molecule has 21 heavy (non-hydrogen) atoms. The van der Waals surface area contributed by atoms with E-state index in [9.17, 15) is 9.59 Å². The molecular weight excluding hydrogens is 272 g/mol. The maximum absolute atomic E-state index is 12.2. The van der Waals surface area contributed by atoms with Gasteiger partial charge < -0.3 is 15.2 Å². The standard InChI is InChI=1S/C15H18N2O4/c1-15(6-2-8-21-15)10-17-14(20)12-5-7-16-9-11(12)3-4-13(18)19/h3-5,7,9H,2,6,8,10H2,1H3,(H,17,20)(H,18,19)/b4-3+. The molecule has 112 valence electrons. The molecule has 0 aromatic carbocycles. The first-order valence-electron chi connectivity index (χ1n) is 6.77. The second-order valence-electron chi connectivity index (χ2n) is 5.22. The summed E-state index contributed by atoms with van der Waals surface area (Å²) in [5.41, 5.74) is 0.540. The van der Waals surface area contributed by atoms with Crippen LogP contribution in [0.1, 0.15) is 35.7 Å². The van der Waals surface area contributed by atoms with Gasteiger partial charge in [0.2, 0.25) is 0 Å². The van der Waals surface area contributed by atoms with Crippen molar-refractivity contribution < 1.29 is 19.4 Å². The van der Waals surface area contributed by atoms with E-state index in [-0.39, 0.29) is 11.5 Å². The molecule has 1 aromatic rings. The summed E-state index contributed by atoms with van der Waals surface area (Å²) in [5.74, 6) is -1.34. The fraction of sp³-hybridized carbons (Fsp3) is 0.400. The molecule has 0 saturated carbocycles. The number of aromatic nitrogens is 1. The summed E-state index contributed by atoms with van der Waals surface area (Å²) in [6, 6.07) is 1.56. The summed E-state index contributed by atoms with van der Waals surface area (Å²) < 4.78 is 5.62. The zero-order chi connectivity index (χ0) is 15.3. The molecule has 1 fully saturated rings. The van der Waals surface area contributed by atoms with Crippen LogP contribution in [0.25, 0.3) is 6.08 Å². The topological polar surface area (TPSA) is 88.5 Å². The molecule has 6 heteroatoms. The summed E-state index contributed by atoms with van der Waals surface area (Å²) in [6.07, 6.45) is 7.21. The minimum Gasteiger partial charge on any atom is -0.478 e. The number of hydrogen-bond donors (Lipinski definition) is 2. The number of nitrogens with one attached hydrogen (secondary N) is 1. The van der Waals surface area contributed by atoms with E-state index < -0.39 is 5.97 Å². The molecule has 1 unspecified atom stereocenters. The van der Waals surface area contributed by atoms with Crippen LogP contribution in [-0.4, -0.2) is 40.7 Å². The van der Waals surface area contributed by atoms with Crippen molar-refractivity contribution in [2.75, 3.05) is 13.2 Å². The first kappa shape index (κ1) is 15.2. The second kappa shape index (κ2) is 6.49. The van der Waals surface area contributed by atoms with Crippen molar-refractivity contribution in [3.8, 4) is 0 Å². The number of amides is 1. The fourth-order valence-electron chi connectivity index (χ4n) is 2.25. The summed E-state index contributed by atoms with van der Waals surface area (Å²) >= 11 is 0. The Morgan fingerprint density at radius 3 is 3.05 bits per heavy atom. The number of nitrogens with zero attached hydrogens (tertiary/aromatic N) is 1. The van der Waals surface area contributed by atoms with E-state index >= 15 is 0 Å². The monoisotopic (exact) mass is 290 g/mol. The van der Waals surface area contributed by atoms with Crippen molar-refractivity contribution in [1.82, 2.24) is 10.3 Å². The fourth-order valence-corrected chi connectivity index (χ4v) is 2.25. The van der Waals surface area contributed by atoms with Crippen molar-refractivity contribution in [3.05, 3.63) is 35.7 Å². The first-order valence-corrected chi connectivity index (χ1v) is 6.77. The van der Waals surface area contributed by atoms with Gasteiger partial charge in [0.25, 0.3) is 5.91 Å². The van der Waals surface area contributed by atoms with Gasteiger partial charge in [0.05, 0.1) is 5.60 Å². The molecule has 0 aliphatic carbocycles. The summed E-state index contributed by atoms with van der Waals surface area (Å²) in [4.78, 5) is 26.7. The number of aliphatic carboxylic acids is 1. The van der Waals surface area contributed by atoms with Crippen LogP contribution in [0.4, 0.5) is 0 Å². The van der Waals surface area contributed by atoms with Crippen LogP contribution >= 0.6 is 0 Å². The van der Waals surface area contributed by atoms with Crippen molar-refractivity contribution in [2.45, 2.75) is 25.4 Å². The number of carboxylic acid groups (broad SMARTS) is 1. The van der Waals surface area contributed by atoms with E-state index in [1.165, 1.54) is 18.5 Å². The highest BCUT2D eigenvalue weighted by molar-refractivity contribution is 5.98. The quantitative estimate of drug-likeness (QED) is 0.802. The molecule has 1 atom stereocenters. The molecule has 0 radical (unpaired) electrons. The molecule has 1 aliphatic heterocycles. The van der Waals surface area contributed by atoms with Gasteiger partial charge in [-0.15, -0.1) is 0 Å². The molecule has 1 aromatic heterocycles. The summed E-state index contributed by atoms with van der Waals surface area (Å²) in [7, 11) is 0. The third kappa shape index (κ3) is 4.13. The van der Waals surface area contributed by atoms with Crippen LogP contribution in [0.3, 0.4) is 0 Å². The van der Waals surface area contributed by atoms with Crippen molar-refractivity contribution >= 4 is 18.0 Å². The van der Waals surface area contributed by atoms with Gasteiger partial charge in [-0.2, -0.15) is 0 Å². The molecule has 0 spiro atoms. The molecule has 1 saturated heterocycles. The third-order valence-electron chi connectivity index (χ3n) is 3.43. The van der Waals surface area contributed by atoms with Gasteiger partial charge in [0.1, 0.15) is 0 Å². The number of pyridine rings is 1. The summed E-state index contributed by atoms with van der Waals surface area (Å²) in [5, 5.41) is 11.5. The Morgan fingerprint density at radius 1 is 1.57 bits per heavy atom. The van der Waals surface area contributed by atoms with E-state index in [4.69, 9.17) is 9.84 Å². The molecule has 6 nitrogen and oxygen atoms in total. The lowest BCUT2D eigenvalue weighted by atomic mass is 10.0. The van der Waals surface area contributed by atoms with Crippen LogP contribution in [0.2, 0.25) is 0 Å². The number of hydrogen-bond acceptors (Lipinski definition) is 4. The number of rotatable bonds is 5. The first-order chi connectivity index (χ1) is 10.0. The predicted molar refractivity (Wildman–Crippen MR) is 76.8 cm³/mol. The average molecular weight is 290 g/mol. The van der Waals surface area contributed by atoms with E-state index in [0.717, 1.165) is 18.9 Å². The third-order valence-corrected chi connectivity index (χ3v) is 3.43. The highest BCUT2D eigenvalue weighted by Gasteiger charge is 2.30. The van der Waals surface area contributed by atoms with Gasteiger partial charge >= 0.3 is 5.97 Å². The highest BCUT2D eigenvalue weighted by Crippen LogP contribution is 2.24. The van der Waals surface area contributed by atoms with Gasteiger partial charge in [0.15, 0.2) is 0 Å². The normalized spacial score (nSPS) is 21.6. The number of carbonyl (C=O) groups excluding carboxylic acids is 1. The van der Waals surface area contributed by atoms with E-state index in [0.29, 0.717) is 24.3 Å². The molecule has 2 rings (SSSR count). The van der Waals surface area contributed by atoms with Crippen LogP contribution in [0.5, 0.6) is 0 Å². The molecule has 2 N–H and O–H groups in total. The molecule has 2 heterocycles.